The summed E-state index contributed by atoms with van der Waals surface area (Å²) in [6.45, 7) is 1.84. The van der Waals surface area contributed by atoms with Gasteiger partial charge in [0.1, 0.15) is 0 Å². The Morgan fingerprint density at radius 3 is 2.53 bits per heavy atom. The average Bonchev–Trinajstić information content (AvgIpc) is 2.17. The maximum atomic E-state index is 11.2. The Morgan fingerprint density at radius 1 is 1.27 bits per heavy atom. The third-order valence-corrected chi connectivity index (χ3v) is 2.55. The topological polar surface area (TPSA) is 45.8 Å². The molecule has 0 aliphatic carbocycles. The third-order valence-electron chi connectivity index (χ3n) is 2.02. The maximum absolute atomic E-state index is 11.2. The summed E-state index contributed by atoms with van der Waals surface area (Å²) >= 11 is 3.36. The van der Waals surface area contributed by atoms with Crippen molar-refractivity contribution < 1.29 is 0 Å². The van der Waals surface area contributed by atoms with Gasteiger partial charge in [0, 0.05) is 15.7 Å². The first kappa shape index (κ1) is 10.1. The van der Waals surface area contributed by atoms with Crippen LogP contribution in [0.1, 0.15) is 5.69 Å². The molecule has 1 aromatic heterocycles. The Hall–Kier alpha value is -1.42. The summed E-state index contributed by atoms with van der Waals surface area (Å²) in [7, 11) is 0. The third kappa shape index (κ3) is 2.33. The van der Waals surface area contributed by atoms with Gasteiger partial charge in [0.25, 0.3) is 0 Å². The van der Waals surface area contributed by atoms with E-state index in [0.717, 1.165) is 15.7 Å². The quantitative estimate of drug-likeness (QED) is 0.861. The van der Waals surface area contributed by atoms with Crippen molar-refractivity contribution in [2.45, 2.75) is 6.92 Å². The van der Waals surface area contributed by atoms with Gasteiger partial charge in [-0.2, -0.15) is 4.98 Å². The SMILES string of the molecule is Cc1cc(-c2ccc(Br)cc2)nc(=O)[nH]1. The molecule has 1 heterocycles. The van der Waals surface area contributed by atoms with Crippen molar-refractivity contribution in [3.8, 4) is 11.3 Å². The summed E-state index contributed by atoms with van der Waals surface area (Å²) in [5, 5.41) is 0. The molecule has 0 aliphatic heterocycles. The molecule has 0 fully saturated rings. The average molecular weight is 265 g/mol. The highest BCUT2D eigenvalue weighted by atomic mass is 79.9. The van der Waals surface area contributed by atoms with E-state index < -0.39 is 0 Å². The van der Waals surface area contributed by atoms with Gasteiger partial charge >= 0.3 is 5.69 Å². The van der Waals surface area contributed by atoms with Crippen molar-refractivity contribution in [3.63, 3.8) is 0 Å². The number of rotatable bonds is 1. The number of halogens is 1. The van der Waals surface area contributed by atoms with Crippen LogP contribution in [0, 0.1) is 6.92 Å². The van der Waals surface area contributed by atoms with Gasteiger partial charge in [-0.15, -0.1) is 0 Å². The first-order valence-electron chi connectivity index (χ1n) is 4.49. The minimum atomic E-state index is -0.312. The van der Waals surface area contributed by atoms with Crippen molar-refractivity contribution in [2.75, 3.05) is 0 Å². The van der Waals surface area contributed by atoms with E-state index in [1.165, 1.54) is 0 Å². The molecular weight excluding hydrogens is 256 g/mol. The van der Waals surface area contributed by atoms with Crippen molar-refractivity contribution in [1.82, 2.24) is 9.97 Å². The van der Waals surface area contributed by atoms with E-state index in [0.29, 0.717) is 5.69 Å². The predicted molar refractivity (Wildman–Crippen MR) is 62.7 cm³/mol. The van der Waals surface area contributed by atoms with Crippen LogP contribution in [0.4, 0.5) is 0 Å². The van der Waals surface area contributed by atoms with Crippen LogP contribution in [0.2, 0.25) is 0 Å². The molecular formula is C11H9BrN2O. The number of H-pyrrole nitrogens is 1. The molecule has 1 aromatic carbocycles. The van der Waals surface area contributed by atoms with E-state index in [1.54, 1.807) is 0 Å². The molecule has 0 saturated heterocycles. The molecule has 0 aliphatic rings. The molecule has 2 rings (SSSR count). The first-order valence-corrected chi connectivity index (χ1v) is 5.28. The Labute approximate surface area is 95.3 Å². The Morgan fingerprint density at radius 2 is 1.93 bits per heavy atom. The van der Waals surface area contributed by atoms with Crippen molar-refractivity contribution in [3.05, 3.63) is 51.0 Å². The number of aromatic nitrogens is 2. The zero-order valence-corrected chi connectivity index (χ0v) is 9.71. The number of aromatic amines is 1. The number of aryl methyl sites for hydroxylation is 1. The van der Waals surface area contributed by atoms with Crippen LogP contribution in [0.3, 0.4) is 0 Å². The van der Waals surface area contributed by atoms with Crippen LogP contribution < -0.4 is 5.69 Å². The second-order valence-corrected chi connectivity index (χ2v) is 4.18. The molecule has 0 atom stereocenters. The number of hydrogen-bond donors (Lipinski definition) is 1. The second-order valence-electron chi connectivity index (χ2n) is 3.26. The number of nitrogens with one attached hydrogen (secondary N) is 1. The number of benzene rings is 1. The van der Waals surface area contributed by atoms with Crippen molar-refractivity contribution in [2.24, 2.45) is 0 Å². The highest BCUT2D eigenvalue weighted by molar-refractivity contribution is 9.10. The van der Waals surface area contributed by atoms with Gasteiger partial charge < -0.3 is 4.98 Å². The maximum Gasteiger partial charge on any atom is 0.345 e. The highest BCUT2D eigenvalue weighted by Gasteiger charge is 2.01. The molecule has 0 unspecified atom stereocenters. The lowest BCUT2D eigenvalue weighted by Gasteiger charge is -2.01. The summed E-state index contributed by atoms with van der Waals surface area (Å²) in [5.74, 6) is 0. The zero-order valence-electron chi connectivity index (χ0n) is 8.12. The molecule has 15 heavy (non-hydrogen) atoms. The number of nitrogens with zero attached hydrogens (tertiary/aromatic N) is 1. The van der Waals surface area contributed by atoms with Crippen LogP contribution in [-0.2, 0) is 0 Å². The molecule has 4 heteroatoms. The molecule has 1 N–H and O–H groups in total. The van der Waals surface area contributed by atoms with E-state index in [9.17, 15) is 4.79 Å². The van der Waals surface area contributed by atoms with Gasteiger partial charge in [-0.25, -0.2) is 4.79 Å². The zero-order chi connectivity index (χ0) is 10.8. The van der Waals surface area contributed by atoms with Gasteiger partial charge in [-0.05, 0) is 25.1 Å². The molecule has 0 radical (unpaired) electrons. The van der Waals surface area contributed by atoms with E-state index in [4.69, 9.17) is 0 Å². The first-order chi connectivity index (χ1) is 7.15. The van der Waals surface area contributed by atoms with E-state index >= 15 is 0 Å². The van der Waals surface area contributed by atoms with Crippen molar-refractivity contribution in [1.29, 1.82) is 0 Å². The fourth-order valence-corrected chi connectivity index (χ4v) is 1.61. The Kier molecular flexibility index (Phi) is 2.68. The van der Waals surface area contributed by atoms with Crippen LogP contribution in [0.5, 0.6) is 0 Å². The highest BCUT2D eigenvalue weighted by Crippen LogP contribution is 2.18. The second kappa shape index (κ2) is 3.98. The fourth-order valence-electron chi connectivity index (χ4n) is 1.35. The molecule has 0 saturated carbocycles. The lowest BCUT2D eigenvalue weighted by Crippen LogP contribution is -2.11. The van der Waals surface area contributed by atoms with Gasteiger partial charge in [0.15, 0.2) is 0 Å². The van der Waals surface area contributed by atoms with Gasteiger partial charge in [-0.3, -0.25) is 0 Å². The lowest BCUT2D eigenvalue weighted by molar-refractivity contribution is 1.03. The summed E-state index contributed by atoms with van der Waals surface area (Å²) in [5.41, 5.74) is 2.14. The Balaban J connectivity index is 2.54. The van der Waals surface area contributed by atoms with Gasteiger partial charge in [0.2, 0.25) is 0 Å². The van der Waals surface area contributed by atoms with Crippen molar-refractivity contribution >= 4 is 15.9 Å². The van der Waals surface area contributed by atoms with E-state index in [2.05, 4.69) is 25.9 Å². The summed E-state index contributed by atoms with van der Waals surface area (Å²) < 4.78 is 1.01. The Bertz CT molecular complexity index is 531. The minimum Gasteiger partial charge on any atom is -0.310 e. The number of hydrogen-bond acceptors (Lipinski definition) is 2. The summed E-state index contributed by atoms with van der Waals surface area (Å²) in [4.78, 5) is 17.7. The van der Waals surface area contributed by atoms with E-state index in [1.807, 2.05) is 37.3 Å². The predicted octanol–water partition coefficient (Wildman–Crippen LogP) is 2.51. The molecule has 0 spiro atoms. The van der Waals surface area contributed by atoms with E-state index in [-0.39, 0.29) is 5.69 Å². The molecule has 3 nitrogen and oxygen atoms in total. The largest absolute Gasteiger partial charge is 0.345 e. The molecule has 0 bridgehead atoms. The monoisotopic (exact) mass is 264 g/mol. The molecule has 2 aromatic rings. The van der Waals surface area contributed by atoms with Gasteiger partial charge in [0.05, 0.1) is 5.69 Å². The smallest absolute Gasteiger partial charge is 0.310 e. The van der Waals surface area contributed by atoms with Crippen LogP contribution in [0.15, 0.2) is 39.6 Å². The normalized spacial score (nSPS) is 10.3. The van der Waals surface area contributed by atoms with Crippen LogP contribution >= 0.6 is 15.9 Å². The minimum absolute atomic E-state index is 0.312. The standard InChI is InChI=1S/C11H9BrN2O/c1-7-6-10(14-11(15)13-7)8-2-4-9(12)5-3-8/h2-6H,1H3,(H,13,14,15). The summed E-state index contributed by atoms with van der Waals surface area (Å²) in [6.07, 6.45) is 0. The molecule has 0 amide bonds. The fraction of sp³-hybridized carbons (Fsp3) is 0.0909. The van der Waals surface area contributed by atoms with Crippen LogP contribution in [-0.4, -0.2) is 9.97 Å². The molecule has 76 valence electrons. The van der Waals surface area contributed by atoms with Crippen LogP contribution in [0.25, 0.3) is 11.3 Å². The summed E-state index contributed by atoms with van der Waals surface area (Å²) in [6, 6.07) is 9.54. The van der Waals surface area contributed by atoms with Gasteiger partial charge in [-0.1, -0.05) is 28.1 Å². The lowest BCUT2D eigenvalue weighted by atomic mass is 10.1.